The summed E-state index contributed by atoms with van der Waals surface area (Å²) < 4.78 is 5.34. The van der Waals surface area contributed by atoms with Crippen LogP contribution in [0.1, 0.15) is 45.4 Å². The van der Waals surface area contributed by atoms with Gasteiger partial charge in [-0.05, 0) is 36.8 Å². The predicted octanol–water partition coefficient (Wildman–Crippen LogP) is 2.36. The highest BCUT2D eigenvalue weighted by atomic mass is 16.5. The van der Waals surface area contributed by atoms with E-state index >= 15 is 0 Å². The first-order chi connectivity index (χ1) is 10.7. The lowest BCUT2D eigenvalue weighted by Crippen LogP contribution is -2.42. The summed E-state index contributed by atoms with van der Waals surface area (Å²) in [6.07, 6.45) is 13.7. The van der Waals surface area contributed by atoms with E-state index in [1.807, 2.05) is 6.08 Å². The summed E-state index contributed by atoms with van der Waals surface area (Å²) in [7, 11) is 1.70. The molecule has 6 unspecified atom stereocenters. The van der Waals surface area contributed by atoms with E-state index in [2.05, 4.69) is 29.3 Å². The van der Waals surface area contributed by atoms with Gasteiger partial charge in [-0.25, -0.2) is 0 Å². The Morgan fingerprint density at radius 1 is 1.36 bits per heavy atom. The third-order valence-electron chi connectivity index (χ3n) is 6.10. The zero-order valence-electron chi connectivity index (χ0n) is 13.7. The van der Waals surface area contributed by atoms with Crippen LogP contribution in [0.4, 0.5) is 0 Å². The number of hydrogen-bond acceptors (Lipinski definition) is 4. The average molecular weight is 304 g/mol. The maximum atomic E-state index is 10.3. The van der Waals surface area contributed by atoms with Gasteiger partial charge in [-0.15, -0.1) is 0 Å². The van der Waals surface area contributed by atoms with Crippen LogP contribution in [-0.4, -0.2) is 41.1 Å². The number of allylic oxidation sites excluding steroid dienone is 1. The van der Waals surface area contributed by atoms with Crippen molar-refractivity contribution in [3.63, 3.8) is 0 Å². The third kappa shape index (κ3) is 2.32. The van der Waals surface area contributed by atoms with Gasteiger partial charge < -0.3 is 9.84 Å². The van der Waals surface area contributed by atoms with E-state index in [0.29, 0.717) is 6.04 Å². The largest absolute Gasteiger partial charge is 0.497 e. The van der Waals surface area contributed by atoms with Crippen LogP contribution in [0.5, 0.6) is 0 Å². The summed E-state index contributed by atoms with van der Waals surface area (Å²) in [6.45, 7) is 2.36. The van der Waals surface area contributed by atoms with E-state index in [9.17, 15) is 5.11 Å². The summed E-state index contributed by atoms with van der Waals surface area (Å²) in [5.41, 5.74) is -0.173. The van der Waals surface area contributed by atoms with Gasteiger partial charge >= 0.3 is 0 Å². The molecule has 0 amide bonds. The van der Waals surface area contributed by atoms with Gasteiger partial charge in [0.05, 0.1) is 19.2 Å². The Morgan fingerprint density at radius 3 is 2.86 bits per heavy atom. The van der Waals surface area contributed by atoms with E-state index in [-0.39, 0.29) is 11.7 Å². The van der Waals surface area contributed by atoms with E-state index in [0.717, 1.165) is 24.0 Å². The number of unbranched alkanes of at least 4 members (excludes halogenated alkanes) is 2. The van der Waals surface area contributed by atoms with Gasteiger partial charge in [0.15, 0.2) is 0 Å². The molecule has 2 aliphatic heterocycles. The molecule has 122 valence electrons. The number of nitrogens with one attached hydrogen (secondary N) is 1. The molecule has 4 aliphatic rings. The van der Waals surface area contributed by atoms with Crippen LogP contribution in [0.15, 0.2) is 24.0 Å². The molecule has 0 aromatic rings. The molecule has 22 heavy (non-hydrogen) atoms. The average Bonchev–Trinajstić information content (AvgIpc) is 3.35. The maximum absolute atomic E-state index is 10.3. The Morgan fingerprint density at radius 2 is 2.14 bits per heavy atom. The van der Waals surface area contributed by atoms with Crippen molar-refractivity contribution >= 4 is 0 Å². The van der Waals surface area contributed by atoms with Crippen LogP contribution in [0, 0.1) is 11.8 Å². The Balaban J connectivity index is 1.27. The zero-order valence-corrected chi connectivity index (χ0v) is 13.7. The summed E-state index contributed by atoms with van der Waals surface area (Å²) in [4.78, 5) is 2.41. The van der Waals surface area contributed by atoms with Crippen molar-refractivity contribution in [3.05, 3.63) is 24.0 Å². The van der Waals surface area contributed by atoms with Crippen molar-refractivity contribution in [3.8, 4) is 0 Å². The molecule has 3 fully saturated rings. The SMILES string of the molecule is COC1=CC23NC(O)C(CCCCC[C@@H]4CC4C)N2C3C=C1. The molecular weight excluding hydrogens is 276 g/mol. The van der Waals surface area contributed by atoms with Crippen LogP contribution in [0.25, 0.3) is 0 Å². The summed E-state index contributed by atoms with van der Waals surface area (Å²) in [5.74, 6) is 2.88. The van der Waals surface area contributed by atoms with Crippen molar-refractivity contribution in [1.29, 1.82) is 0 Å². The van der Waals surface area contributed by atoms with Gasteiger partial charge in [-0.3, -0.25) is 10.2 Å². The lowest BCUT2D eigenvalue weighted by molar-refractivity contribution is 0.0988. The number of nitrogens with zero attached hydrogens (tertiary/aromatic N) is 1. The molecule has 0 radical (unpaired) electrons. The number of hydrogen-bond donors (Lipinski definition) is 2. The van der Waals surface area contributed by atoms with Crippen LogP contribution in [0.2, 0.25) is 0 Å². The Hall–Kier alpha value is -0.840. The Bertz CT molecular complexity index is 503. The molecule has 2 saturated heterocycles. The minimum atomic E-state index is -0.416. The third-order valence-corrected chi connectivity index (χ3v) is 6.10. The second-order valence-corrected chi connectivity index (χ2v) is 7.55. The quantitative estimate of drug-likeness (QED) is 0.560. The normalized spacial score (nSPS) is 47.7. The van der Waals surface area contributed by atoms with Crippen LogP contribution in [-0.2, 0) is 4.74 Å². The molecule has 2 heterocycles. The minimum Gasteiger partial charge on any atom is -0.497 e. The van der Waals surface area contributed by atoms with Crippen molar-refractivity contribution in [2.45, 2.75) is 69.4 Å². The number of ether oxygens (including phenoxy) is 1. The summed E-state index contributed by atoms with van der Waals surface area (Å²) in [6, 6.07) is 0.633. The van der Waals surface area contributed by atoms with E-state index in [1.165, 1.54) is 32.1 Å². The fourth-order valence-electron chi connectivity index (χ4n) is 4.53. The van der Waals surface area contributed by atoms with Gasteiger partial charge in [0, 0.05) is 0 Å². The molecule has 2 aliphatic carbocycles. The number of aliphatic hydroxyl groups excluding tert-OH is 1. The molecule has 0 bridgehead atoms. The lowest BCUT2D eigenvalue weighted by atomic mass is 10.0. The molecule has 4 heteroatoms. The van der Waals surface area contributed by atoms with Crippen molar-refractivity contribution in [1.82, 2.24) is 10.2 Å². The summed E-state index contributed by atoms with van der Waals surface area (Å²) in [5, 5.41) is 13.7. The zero-order chi connectivity index (χ0) is 15.3. The van der Waals surface area contributed by atoms with Crippen LogP contribution >= 0.6 is 0 Å². The smallest absolute Gasteiger partial charge is 0.122 e. The molecular formula is C18H28N2O2. The van der Waals surface area contributed by atoms with Gasteiger partial charge in [-0.1, -0.05) is 38.7 Å². The van der Waals surface area contributed by atoms with Gasteiger partial charge in [-0.2, -0.15) is 0 Å². The van der Waals surface area contributed by atoms with Gasteiger partial charge in [0.25, 0.3) is 0 Å². The monoisotopic (exact) mass is 304 g/mol. The molecule has 0 aromatic carbocycles. The number of rotatable bonds is 7. The first-order valence-corrected chi connectivity index (χ1v) is 8.85. The molecule has 1 saturated carbocycles. The maximum Gasteiger partial charge on any atom is 0.122 e. The second-order valence-electron chi connectivity index (χ2n) is 7.55. The van der Waals surface area contributed by atoms with Crippen molar-refractivity contribution in [2.75, 3.05) is 7.11 Å². The number of aliphatic hydroxyl groups is 1. The Labute approximate surface area is 133 Å². The minimum absolute atomic E-state index is 0.173. The first kappa shape index (κ1) is 14.7. The predicted molar refractivity (Wildman–Crippen MR) is 85.9 cm³/mol. The molecule has 4 nitrogen and oxygen atoms in total. The summed E-state index contributed by atoms with van der Waals surface area (Å²) >= 11 is 0. The van der Waals surface area contributed by atoms with Crippen molar-refractivity contribution in [2.24, 2.45) is 11.8 Å². The van der Waals surface area contributed by atoms with Gasteiger partial charge in [0.2, 0.25) is 0 Å². The van der Waals surface area contributed by atoms with Crippen molar-refractivity contribution < 1.29 is 9.84 Å². The highest BCUT2D eigenvalue weighted by molar-refractivity contribution is 5.43. The van der Waals surface area contributed by atoms with Crippen LogP contribution in [0.3, 0.4) is 0 Å². The fraction of sp³-hybridized carbons (Fsp3) is 0.778. The molecule has 4 rings (SSSR count). The number of fused-ring (bicyclic) bond motifs is 1. The standard InChI is InChI=1S/C18H28N2O2/c1-12-10-13(12)6-4-3-5-7-15-17(21)19-18-11-14(22-2)8-9-16(18)20(15)18/h8-9,11-13,15-17,19,21H,3-7,10H2,1-2H3/t12?,13-,15?,16?,17?,18?,20?/m1/s1. The molecule has 2 N–H and O–H groups in total. The highest BCUT2D eigenvalue weighted by Crippen LogP contribution is 2.52. The molecule has 1 spiro atoms. The molecule has 7 atom stereocenters. The van der Waals surface area contributed by atoms with Gasteiger partial charge in [0.1, 0.15) is 17.6 Å². The fourth-order valence-corrected chi connectivity index (χ4v) is 4.53. The van der Waals surface area contributed by atoms with E-state index in [4.69, 9.17) is 4.74 Å². The first-order valence-electron chi connectivity index (χ1n) is 8.85. The molecule has 0 aromatic heterocycles. The topological polar surface area (TPSA) is 44.5 Å². The van der Waals surface area contributed by atoms with E-state index < -0.39 is 6.23 Å². The lowest BCUT2D eigenvalue weighted by Gasteiger charge is -2.21. The van der Waals surface area contributed by atoms with Crippen LogP contribution < -0.4 is 5.32 Å². The second kappa shape index (κ2) is 5.36. The number of piperazine rings is 1. The number of methoxy groups -OCH3 is 1. The Kier molecular flexibility index (Phi) is 3.59. The van der Waals surface area contributed by atoms with E-state index in [1.54, 1.807) is 7.11 Å². The highest BCUT2D eigenvalue weighted by Gasteiger charge is 2.70.